The number of fused-ring (bicyclic) bond motifs is 1. The van der Waals surface area contributed by atoms with Crippen LogP contribution in [0.25, 0.3) is 11.6 Å². The van der Waals surface area contributed by atoms with E-state index < -0.39 is 17.7 Å². The summed E-state index contributed by atoms with van der Waals surface area (Å²) in [6, 6.07) is 1.52. The number of hydrogen-bond acceptors (Lipinski definition) is 9. The number of anilines is 2. The number of H-pyrrole nitrogens is 1. The normalized spacial score (nSPS) is 14.6. The zero-order valence-corrected chi connectivity index (χ0v) is 22.9. The second-order valence-electron chi connectivity index (χ2n) is 9.99. The second-order valence-corrected chi connectivity index (χ2v) is 9.99. The molecule has 3 N–H and O–H groups in total. The molecule has 1 unspecified atom stereocenters. The average molecular weight is 529 g/mol. The molecule has 2 aromatic rings. The molecule has 1 atom stereocenters. The van der Waals surface area contributed by atoms with E-state index in [4.69, 9.17) is 14.2 Å². The highest BCUT2D eigenvalue weighted by Gasteiger charge is 2.28. The highest BCUT2D eigenvalue weighted by Crippen LogP contribution is 2.32. The zero-order chi connectivity index (χ0) is 28.0. The topological polar surface area (TPSA) is 148 Å². The number of ether oxygens (including phenoxy) is 3. The molecule has 2 aromatic heterocycles. The molecule has 2 amide bonds. The number of aryl methyl sites for hydroxylation is 1. The van der Waals surface area contributed by atoms with E-state index >= 15 is 0 Å². The molecule has 1 aliphatic rings. The first kappa shape index (κ1) is 28.6. The van der Waals surface area contributed by atoms with Crippen LogP contribution >= 0.6 is 0 Å². The second kappa shape index (κ2) is 12.1. The van der Waals surface area contributed by atoms with Gasteiger partial charge >= 0.3 is 12.1 Å². The molecule has 38 heavy (non-hydrogen) atoms. The van der Waals surface area contributed by atoms with E-state index in [0.717, 1.165) is 5.69 Å². The molecule has 0 bridgehead atoms. The molecule has 0 aliphatic carbocycles. The number of carbonyl (C=O) groups excluding carboxylic acids is 3. The number of carbonyl (C=O) groups is 3. The fraction of sp³-hybridized carbons (Fsp3) is 0.500. The summed E-state index contributed by atoms with van der Waals surface area (Å²) in [4.78, 5) is 50.4. The summed E-state index contributed by atoms with van der Waals surface area (Å²) in [5.74, 6) is -0.501. The van der Waals surface area contributed by atoms with Gasteiger partial charge in [-0.25, -0.2) is 19.6 Å². The molecule has 206 valence electrons. The van der Waals surface area contributed by atoms with Gasteiger partial charge in [-0.15, -0.1) is 0 Å². The summed E-state index contributed by atoms with van der Waals surface area (Å²) < 4.78 is 16.1. The van der Waals surface area contributed by atoms with Crippen LogP contribution in [0.5, 0.6) is 0 Å². The van der Waals surface area contributed by atoms with Crippen LogP contribution in [0.1, 0.15) is 62.1 Å². The summed E-state index contributed by atoms with van der Waals surface area (Å²) in [6.07, 6.45) is 2.71. The molecule has 0 saturated carbocycles. The molecule has 0 spiro atoms. The van der Waals surface area contributed by atoms with Crippen LogP contribution in [0.2, 0.25) is 0 Å². The number of aromatic nitrogens is 3. The van der Waals surface area contributed by atoms with Crippen molar-refractivity contribution in [2.75, 3.05) is 44.0 Å². The smallest absolute Gasteiger partial charge is 0.410 e. The summed E-state index contributed by atoms with van der Waals surface area (Å²) in [6.45, 7) is 12.2. The minimum absolute atomic E-state index is 0.154. The van der Waals surface area contributed by atoms with Crippen molar-refractivity contribution >= 4 is 41.3 Å². The number of hydrogen-bond donors (Lipinski definition) is 3. The minimum Gasteiger partial charge on any atom is -0.462 e. The largest absolute Gasteiger partial charge is 0.462 e. The fourth-order valence-electron chi connectivity index (χ4n) is 3.58. The van der Waals surface area contributed by atoms with E-state index in [2.05, 4.69) is 25.6 Å². The number of nitrogens with one attached hydrogen (secondary N) is 3. The van der Waals surface area contributed by atoms with E-state index in [9.17, 15) is 14.4 Å². The van der Waals surface area contributed by atoms with Gasteiger partial charge in [-0.3, -0.25) is 4.79 Å². The van der Waals surface area contributed by atoms with Crippen molar-refractivity contribution in [1.82, 2.24) is 19.9 Å². The standard InChI is InChI=1S/C26H36N6O6/c1-8-37-23(34)17-11-15(2)28-19(17)12-18-21-20(30-22(18)33)13-27-24(31-21)29-16(3)14-36-10-9-32(7)25(35)38-26(4,5)6/h11-13,16,28H,8-10,14H2,1-7H3,(H,30,33)(H,27,29,31)/b18-12-. The summed E-state index contributed by atoms with van der Waals surface area (Å²) in [7, 11) is 1.65. The van der Waals surface area contributed by atoms with Crippen LogP contribution in [0.3, 0.4) is 0 Å². The molecule has 0 aromatic carbocycles. The molecular formula is C26H36N6O6. The Morgan fingerprint density at radius 3 is 2.71 bits per heavy atom. The van der Waals surface area contributed by atoms with Crippen molar-refractivity contribution < 1.29 is 28.6 Å². The van der Waals surface area contributed by atoms with E-state index in [-0.39, 0.29) is 18.6 Å². The van der Waals surface area contributed by atoms with E-state index in [0.29, 0.717) is 53.9 Å². The van der Waals surface area contributed by atoms with Crippen LogP contribution < -0.4 is 10.6 Å². The number of likely N-dealkylation sites (N-methyl/N-ethyl adjacent to an activating group) is 1. The molecule has 12 heteroatoms. The maximum absolute atomic E-state index is 12.7. The molecule has 3 rings (SSSR count). The molecule has 3 heterocycles. The third kappa shape index (κ3) is 7.54. The Kier molecular flexibility index (Phi) is 9.10. The van der Waals surface area contributed by atoms with Gasteiger partial charge in [-0.2, -0.15) is 0 Å². The van der Waals surface area contributed by atoms with Crippen LogP contribution in [-0.4, -0.2) is 82.9 Å². The fourth-order valence-corrected chi connectivity index (χ4v) is 3.58. The third-order valence-electron chi connectivity index (χ3n) is 5.32. The number of aromatic amines is 1. The monoisotopic (exact) mass is 528 g/mol. The highest BCUT2D eigenvalue weighted by atomic mass is 16.6. The lowest BCUT2D eigenvalue weighted by atomic mass is 10.1. The lowest BCUT2D eigenvalue weighted by molar-refractivity contribution is -0.110. The molecule has 1 aliphatic heterocycles. The van der Waals surface area contributed by atoms with Crippen LogP contribution in [0, 0.1) is 6.92 Å². The number of nitrogens with zero attached hydrogens (tertiary/aromatic N) is 3. The van der Waals surface area contributed by atoms with Gasteiger partial charge in [-0.1, -0.05) is 0 Å². The quantitative estimate of drug-likeness (QED) is 0.239. The SMILES string of the molecule is CCOC(=O)c1cc(C)[nH]c1/C=C1\C(=O)Nc2cnc(NC(C)COCCN(C)C(=O)OC(C)(C)C)nc21. The van der Waals surface area contributed by atoms with Crippen LogP contribution in [0.15, 0.2) is 12.3 Å². The van der Waals surface area contributed by atoms with Crippen molar-refractivity contribution in [3.05, 3.63) is 34.9 Å². The maximum atomic E-state index is 12.7. The van der Waals surface area contributed by atoms with Crippen molar-refractivity contribution in [2.24, 2.45) is 0 Å². The Hall–Kier alpha value is -3.93. The van der Waals surface area contributed by atoms with Crippen molar-refractivity contribution in [1.29, 1.82) is 0 Å². The van der Waals surface area contributed by atoms with Gasteiger partial charge < -0.3 is 34.7 Å². The molecule has 0 fully saturated rings. The minimum atomic E-state index is -0.556. The number of amides is 2. The third-order valence-corrected chi connectivity index (χ3v) is 5.32. The van der Waals surface area contributed by atoms with E-state index in [1.165, 1.54) is 11.1 Å². The highest BCUT2D eigenvalue weighted by molar-refractivity contribution is 6.34. The number of rotatable bonds is 10. The van der Waals surface area contributed by atoms with Gasteiger partial charge in [0, 0.05) is 25.3 Å². The summed E-state index contributed by atoms with van der Waals surface area (Å²) in [5, 5.41) is 5.91. The molecule has 0 radical (unpaired) electrons. The first-order valence-corrected chi connectivity index (χ1v) is 12.4. The Balaban J connectivity index is 1.62. The first-order chi connectivity index (χ1) is 17.9. The Bertz CT molecular complexity index is 1220. The van der Waals surface area contributed by atoms with Gasteiger partial charge in [0.25, 0.3) is 5.91 Å². The first-order valence-electron chi connectivity index (χ1n) is 12.4. The average Bonchev–Trinajstić information content (AvgIpc) is 3.34. The molecular weight excluding hydrogens is 492 g/mol. The van der Waals surface area contributed by atoms with Crippen LogP contribution in [0.4, 0.5) is 16.4 Å². The number of esters is 1. The van der Waals surface area contributed by atoms with Crippen molar-refractivity contribution in [2.45, 2.75) is 53.2 Å². The zero-order valence-electron chi connectivity index (χ0n) is 22.9. The maximum Gasteiger partial charge on any atom is 0.410 e. The summed E-state index contributed by atoms with van der Waals surface area (Å²) >= 11 is 0. The van der Waals surface area contributed by atoms with Crippen molar-refractivity contribution in [3.8, 4) is 0 Å². The van der Waals surface area contributed by atoms with Gasteiger partial charge in [0.2, 0.25) is 5.95 Å². The Morgan fingerprint density at radius 1 is 1.29 bits per heavy atom. The van der Waals surface area contributed by atoms with Gasteiger partial charge in [0.05, 0.1) is 48.5 Å². The van der Waals surface area contributed by atoms with Gasteiger partial charge in [0.15, 0.2) is 0 Å². The van der Waals surface area contributed by atoms with Crippen molar-refractivity contribution in [3.63, 3.8) is 0 Å². The lowest BCUT2D eigenvalue weighted by Crippen LogP contribution is -2.36. The van der Waals surface area contributed by atoms with Gasteiger partial charge in [0.1, 0.15) is 11.3 Å². The van der Waals surface area contributed by atoms with E-state index in [1.807, 2.05) is 34.6 Å². The lowest BCUT2D eigenvalue weighted by Gasteiger charge is -2.24. The van der Waals surface area contributed by atoms with E-state index in [1.54, 1.807) is 26.1 Å². The Labute approximate surface area is 222 Å². The molecule has 0 saturated heterocycles. The Morgan fingerprint density at radius 2 is 2.03 bits per heavy atom. The van der Waals surface area contributed by atoms with Gasteiger partial charge in [-0.05, 0) is 53.7 Å². The predicted molar refractivity (Wildman–Crippen MR) is 143 cm³/mol. The summed E-state index contributed by atoms with van der Waals surface area (Å²) in [5.41, 5.74) is 2.20. The molecule has 12 nitrogen and oxygen atoms in total. The van der Waals surface area contributed by atoms with Crippen LogP contribution in [-0.2, 0) is 19.0 Å². The predicted octanol–water partition coefficient (Wildman–Crippen LogP) is 3.47.